The molecule has 1 aliphatic heterocycles. The second-order valence-electron chi connectivity index (χ2n) is 6.06. The minimum absolute atomic E-state index is 0.00198. The van der Waals surface area contributed by atoms with Crippen LogP contribution in [0.1, 0.15) is 16.8 Å². The van der Waals surface area contributed by atoms with Gasteiger partial charge in [-0.1, -0.05) is 11.6 Å². The van der Waals surface area contributed by atoms with E-state index in [4.69, 9.17) is 16.3 Å². The Labute approximate surface area is 150 Å². The summed E-state index contributed by atoms with van der Waals surface area (Å²) in [5, 5.41) is 3.02. The zero-order valence-corrected chi connectivity index (χ0v) is 14.5. The van der Waals surface area contributed by atoms with E-state index in [1.54, 1.807) is 4.90 Å². The van der Waals surface area contributed by atoms with Crippen molar-refractivity contribution in [3.8, 4) is 0 Å². The Morgan fingerprint density at radius 1 is 1.24 bits per heavy atom. The van der Waals surface area contributed by atoms with E-state index >= 15 is 0 Å². The van der Waals surface area contributed by atoms with E-state index in [0.717, 1.165) is 0 Å². The van der Waals surface area contributed by atoms with Crippen LogP contribution in [0.5, 0.6) is 0 Å². The summed E-state index contributed by atoms with van der Waals surface area (Å²) in [5.41, 5.74) is 0.623. The minimum Gasteiger partial charge on any atom is -0.465 e. The molecule has 0 bridgehead atoms. The molecular weight excluding hydrogens is 348 g/mol. The van der Waals surface area contributed by atoms with E-state index in [1.165, 1.54) is 25.3 Å². The maximum Gasteiger partial charge on any atom is 0.337 e. The summed E-state index contributed by atoms with van der Waals surface area (Å²) in [4.78, 5) is 38.1. The molecule has 2 aliphatic rings. The van der Waals surface area contributed by atoms with Crippen LogP contribution in [-0.4, -0.2) is 56.1 Å². The fourth-order valence-corrected chi connectivity index (χ4v) is 3.03. The van der Waals surface area contributed by atoms with E-state index in [-0.39, 0.29) is 23.7 Å². The highest BCUT2D eigenvalue weighted by molar-refractivity contribution is 6.34. The molecule has 134 valence electrons. The second-order valence-corrected chi connectivity index (χ2v) is 6.47. The van der Waals surface area contributed by atoms with Crippen LogP contribution >= 0.6 is 11.6 Å². The van der Waals surface area contributed by atoms with E-state index < -0.39 is 5.97 Å². The number of nitrogens with one attached hydrogen (secondary N) is 1. The van der Waals surface area contributed by atoms with Gasteiger partial charge in [0.2, 0.25) is 11.8 Å². The molecule has 2 fully saturated rings. The van der Waals surface area contributed by atoms with Crippen LogP contribution in [0, 0.1) is 11.8 Å². The van der Waals surface area contributed by atoms with Gasteiger partial charge in [-0.15, -0.1) is 0 Å². The molecule has 1 saturated heterocycles. The van der Waals surface area contributed by atoms with Gasteiger partial charge >= 0.3 is 5.97 Å². The molecule has 2 amide bonds. The summed E-state index contributed by atoms with van der Waals surface area (Å²) in [7, 11) is 1.28. The van der Waals surface area contributed by atoms with Crippen LogP contribution in [0.4, 0.5) is 5.69 Å². The topological polar surface area (TPSA) is 84.9 Å². The number of carbonyl (C=O) groups excluding carboxylic acids is 3. The third-order valence-electron chi connectivity index (χ3n) is 4.41. The number of benzene rings is 1. The van der Waals surface area contributed by atoms with E-state index in [0.29, 0.717) is 49.0 Å². The van der Waals surface area contributed by atoms with Crippen molar-refractivity contribution in [3.63, 3.8) is 0 Å². The zero-order chi connectivity index (χ0) is 18.0. The van der Waals surface area contributed by atoms with Gasteiger partial charge in [-0.2, -0.15) is 0 Å². The Kier molecular flexibility index (Phi) is 5.24. The lowest BCUT2D eigenvalue weighted by molar-refractivity contribution is -0.137. The Hall–Kier alpha value is -2.12. The highest BCUT2D eigenvalue weighted by Gasteiger charge is 2.49. The fraction of sp³-hybridized carbons (Fsp3) is 0.471. The Balaban J connectivity index is 1.62. The Morgan fingerprint density at radius 2 is 1.96 bits per heavy atom. The average Bonchev–Trinajstić information content (AvgIpc) is 3.44. The van der Waals surface area contributed by atoms with Gasteiger partial charge in [0.25, 0.3) is 0 Å². The smallest absolute Gasteiger partial charge is 0.337 e. The first-order valence-corrected chi connectivity index (χ1v) is 8.44. The monoisotopic (exact) mass is 366 g/mol. The number of hydrogen-bond acceptors (Lipinski definition) is 5. The van der Waals surface area contributed by atoms with Crippen molar-refractivity contribution in [2.24, 2.45) is 11.8 Å². The van der Waals surface area contributed by atoms with Gasteiger partial charge in [0.1, 0.15) is 0 Å². The largest absolute Gasteiger partial charge is 0.465 e. The second kappa shape index (κ2) is 7.41. The normalized spacial score (nSPS) is 22.2. The molecule has 7 nitrogen and oxygen atoms in total. The number of carbonyl (C=O) groups is 3. The van der Waals surface area contributed by atoms with Gasteiger partial charge in [0.05, 0.1) is 48.4 Å². The Morgan fingerprint density at radius 3 is 2.64 bits per heavy atom. The molecule has 1 heterocycles. The van der Waals surface area contributed by atoms with Crippen molar-refractivity contribution < 1.29 is 23.9 Å². The first-order chi connectivity index (χ1) is 12.0. The fourth-order valence-electron chi connectivity index (χ4n) is 2.87. The minimum atomic E-state index is -0.515. The third kappa shape index (κ3) is 3.93. The van der Waals surface area contributed by atoms with Crippen LogP contribution in [0.2, 0.25) is 5.02 Å². The van der Waals surface area contributed by atoms with Gasteiger partial charge in [-0.25, -0.2) is 4.79 Å². The first kappa shape index (κ1) is 17.7. The summed E-state index contributed by atoms with van der Waals surface area (Å²) in [6.45, 7) is 2.20. The number of ether oxygens (including phenoxy) is 2. The van der Waals surface area contributed by atoms with Crippen LogP contribution in [0.15, 0.2) is 18.2 Å². The maximum absolute atomic E-state index is 12.4. The zero-order valence-electron chi connectivity index (χ0n) is 13.8. The number of amides is 2. The molecule has 3 rings (SSSR count). The van der Waals surface area contributed by atoms with Crippen LogP contribution in [0.25, 0.3) is 0 Å². The molecule has 0 radical (unpaired) electrons. The molecule has 1 saturated carbocycles. The van der Waals surface area contributed by atoms with Crippen molar-refractivity contribution in [1.29, 1.82) is 0 Å². The summed E-state index contributed by atoms with van der Waals surface area (Å²) in [6.07, 6.45) is 0.524. The van der Waals surface area contributed by atoms with Crippen molar-refractivity contribution >= 4 is 35.1 Å². The van der Waals surface area contributed by atoms with Crippen molar-refractivity contribution in [2.45, 2.75) is 6.42 Å². The lowest BCUT2D eigenvalue weighted by atomic mass is 10.2. The molecule has 8 heteroatoms. The van der Waals surface area contributed by atoms with Crippen molar-refractivity contribution in [1.82, 2.24) is 4.90 Å². The van der Waals surface area contributed by atoms with Crippen LogP contribution < -0.4 is 5.32 Å². The Bertz CT molecular complexity index is 702. The number of nitrogens with zero attached hydrogens (tertiary/aromatic N) is 1. The van der Waals surface area contributed by atoms with Gasteiger partial charge in [0, 0.05) is 13.1 Å². The summed E-state index contributed by atoms with van der Waals surface area (Å²) in [5.74, 6) is -1.44. The van der Waals surface area contributed by atoms with Crippen molar-refractivity contribution in [3.05, 3.63) is 28.8 Å². The third-order valence-corrected chi connectivity index (χ3v) is 4.74. The number of rotatable bonds is 4. The number of anilines is 1. The van der Waals surface area contributed by atoms with Crippen LogP contribution in [0.3, 0.4) is 0 Å². The van der Waals surface area contributed by atoms with Crippen molar-refractivity contribution in [2.75, 3.05) is 38.7 Å². The average molecular weight is 367 g/mol. The molecule has 2 atom stereocenters. The maximum atomic E-state index is 12.4. The lowest BCUT2D eigenvalue weighted by Crippen LogP contribution is -2.42. The predicted octanol–water partition coefficient (Wildman–Crippen LogP) is 1.56. The van der Waals surface area contributed by atoms with E-state index in [1.807, 2.05) is 0 Å². The standard InChI is InChI=1S/C17H19ClN2O5/c1-24-17(23)10-2-3-13(18)14(8-10)19-15(21)11-9-12(11)16(22)20-4-6-25-7-5-20/h2-3,8,11-12H,4-7,9H2,1H3,(H,19,21). The molecule has 0 aromatic heterocycles. The predicted molar refractivity (Wildman–Crippen MR) is 90.4 cm³/mol. The lowest BCUT2D eigenvalue weighted by Gasteiger charge is -2.27. The molecule has 1 N–H and O–H groups in total. The highest BCUT2D eigenvalue weighted by atomic mass is 35.5. The van der Waals surface area contributed by atoms with Gasteiger partial charge in [0.15, 0.2) is 0 Å². The SMILES string of the molecule is COC(=O)c1ccc(Cl)c(NC(=O)C2CC2C(=O)N2CCOCC2)c1. The number of halogens is 1. The number of morpholine rings is 1. The molecule has 25 heavy (non-hydrogen) atoms. The quantitative estimate of drug-likeness (QED) is 0.817. The highest BCUT2D eigenvalue weighted by Crippen LogP contribution is 2.41. The molecular formula is C17H19ClN2O5. The number of esters is 1. The van der Waals surface area contributed by atoms with Gasteiger partial charge < -0.3 is 19.7 Å². The van der Waals surface area contributed by atoms with E-state index in [2.05, 4.69) is 10.1 Å². The number of methoxy groups -OCH3 is 1. The number of hydrogen-bond donors (Lipinski definition) is 1. The molecule has 1 aromatic rings. The van der Waals surface area contributed by atoms with E-state index in [9.17, 15) is 14.4 Å². The van der Waals surface area contributed by atoms with Crippen LogP contribution in [-0.2, 0) is 19.1 Å². The summed E-state index contributed by atoms with van der Waals surface area (Å²) < 4.78 is 9.89. The molecule has 0 spiro atoms. The van der Waals surface area contributed by atoms with Gasteiger partial charge in [-0.3, -0.25) is 9.59 Å². The molecule has 1 aliphatic carbocycles. The first-order valence-electron chi connectivity index (χ1n) is 8.06. The molecule has 1 aromatic carbocycles. The van der Waals surface area contributed by atoms with Gasteiger partial charge in [-0.05, 0) is 24.6 Å². The summed E-state index contributed by atoms with van der Waals surface area (Å²) >= 11 is 6.08. The summed E-state index contributed by atoms with van der Waals surface area (Å²) in [6, 6.07) is 4.51. The molecule has 2 unspecified atom stereocenters.